The number of hydrogen-bond donors (Lipinski definition) is 1. The smallest absolute Gasteiger partial charge is 0.246 e. The highest BCUT2D eigenvalue weighted by atomic mass is 32.2. The Bertz CT molecular complexity index is 1000. The van der Waals surface area contributed by atoms with E-state index in [0.717, 1.165) is 28.9 Å². The maximum atomic E-state index is 13.7. The number of piperidine rings is 1. The van der Waals surface area contributed by atoms with Crippen LogP contribution in [0, 0.1) is 25.6 Å². The van der Waals surface area contributed by atoms with Crippen molar-refractivity contribution in [3.05, 3.63) is 53.3 Å². The minimum Gasteiger partial charge on any atom is -0.495 e. The number of halogens is 1. The largest absolute Gasteiger partial charge is 0.495 e. The number of methoxy groups -OCH3 is 1. The molecule has 0 aliphatic carbocycles. The summed E-state index contributed by atoms with van der Waals surface area (Å²) < 4.78 is 46.2. The molecule has 1 saturated heterocycles. The molecule has 1 amide bonds. The second-order valence-electron chi connectivity index (χ2n) is 7.25. The Kier molecular flexibility index (Phi) is 6.24. The molecule has 0 spiro atoms. The van der Waals surface area contributed by atoms with Gasteiger partial charge in [-0.15, -0.1) is 0 Å². The van der Waals surface area contributed by atoms with Crippen LogP contribution in [0.1, 0.15) is 24.0 Å². The summed E-state index contributed by atoms with van der Waals surface area (Å²) in [5.74, 6) is -1.29. The van der Waals surface area contributed by atoms with Gasteiger partial charge < -0.3 is 10.1 Å². The van der Waals surface area contributed by atoms with Crippen molar-refractivity contribution in [1.29, 1.82) is 0 Å². The van der Waals surface area contributed by atoms with Gasteiger partial charge in [0.1, 0.15) is 16.5 Å². The molecule has 1 heterocycles. The number of nitrogens with one attached hydrogen (secondary N) is 1. The first-order valence-corrected chi connectivity index (χ1v) is 10.9. The summed E-state index contributed by atoms with van der Waals surface area (Å²) in [7, 11) is -2.66. The number of nitrogens with zero attached hydrogens (tertiary/aromatic N) is 1. The Hall–Kier alpha value is -2.45. The van der Waals surface area contributed by atoms with E-state index in [0.29, 0.717) is 12.8 Å². The van der Waals surface area contributed by atoms with Crippen LogP contribution < -0.4 is 10.1 Å². The van der Waals surface area contributed by atoms with Crippen LogP contribution in [0.3, 0.4) is 0 Å². The molecule has 2 aromatic carbocycles. The first-order chi connectivity index (χ1) is 13.7. The molecule has 2 aromatic rings. The Balaban J connectivity index is 1.82. The van der Waals surface area contributed by atoms with Gasteiger partial charge in [0.2, 0.25) is 15.9 Å². The van der Waals surface area contributed by atoms with Gasteiger partial charge in [0.25, 0.3) is 0 Å². The van der Waals surface area contributed by atoms with E-state index in [9.17, 15) is 17.6 Å². The molecular formula is C21H25FN2O4S. The van der Waals surface area contributed by atoms with E-state index in [2.05, 4.69) is 5.32 Å². The maximum absolute atomic E-state index is 13.7. The van der Waals surface area contributed by atoms with Crippen molar-refractivity contribution in [3.8, 4) is 5.75 Å². The van der Waals surface area contributed by atoms with E-state index < -0.39 is 21.8 Å². The lowest BCUT2D eigenvalue weighted by atomic mass is 9.98. The van der Waals surface area contributed by atoms with Gasteiger partial charge in [-0.3, -0.25) is 4.79 Å². The van der Waals surface area contributed by atoms with Gasteiger partial charge >= 0.3 is 0 Å². The van der Waals surface area contributed by atoms with E-state index in [4.69, 9.17) is 4.74 Å². The zero-order valence-electron chi connectivity index (χ0n) is 16.7. The highest BCUT2D eigenvalue weighted by molar-refractivity contribution is 7.89. The average Bonchev–Trinajstić information content (AvgIpc) is 2.70. The SMILES string of the molecule is COc1ccc(F)cc1S(=O)(=O)N1CCCC(C(=O)Nc2c(C)cccc2C)C1. The normalized spacial score (nSPS) is 17.7. The van der Waals surface area contributed by atoms with Crippen LogP contribution >= 0.6 is 0 Å². The van der Waals surface area contributed by atoms with Crippen LogP contribution in [-0.4, -0.2) is 38.8 Å². The minimum absolute atomic E-state index is 0.0404. The fourth-order valence-corrected chi connectivity index (χ4v) is 5.29. The Morgan fingerprint density at radius 3 is 2.55 bits per heavy atom. The molecule has 1 fully saturated rings. The molecule has 29 heavy (non-hydrogen) atoms. The second kappa shape index (κ2) is 8.51. The summed E-state index contributed by atoms with van der Waals surface area (Å²) in [5, 5.41) is 2.95. The van der Waals surface area contributed by atoms with Gasteiger partial charge in [-0.25, -0.2) is 12.8 Å². The van der Waals surface area contributed by atoms with Crippen molar-refractivity contribution < 1.29 is 22.3 Å². The number of rotatable bonds is 5. The van der Waals surface area contributed by atoms with Crippen LogP contribution in [0.15, 0.2) is 41.3 Å². The molecule has 3 rings (SSSR count). The summed E-state index contributed by atoms with van der Waals surface area (Å²) in [6.07, 6.45) is 1.13. The van der Waals surface area contributed by atoms with E-state index in [1.54, 1.807) is 0 Å². The van der Waals surface area contributed by atoms with Crippen LogP contribution in [0.2, 0.25) is 0 Å². The predicted octanol–water partition coefficient (Wildman–Crippen LogP) is 3.49. The van der Waals surface area contributed by atoms with Crippen molar-refractivity contribution >= 4 is 21.6 Å². The number of ether oxygens (including phenoxy) is 1. The second-order valence-corrected chi connectivity index (χ2v) is 9.16. The lowest BCUT2D eigenvalue weighted by molar-refractivity contribution is -0.120. The third-order valence-corrected chi connectivity index (χ3v) is 7.11. The third-order valence-electron chi connectivity index (χ3n) is 5.23. The van der Waals surface area contributed by atoms with E-state index in [1.165, 1.54) is 17.5 Å². The number of carbonyl (C=O) groups is 1. The number of benzene rings is 2. The first kappa shape index (κ1) is 21.3. The van der Waals surface area contributed by atoms with Crippen molar-refractivity contribution in [2.45, 2.75) is 31.6 Å². The molecule has 1 aliphatic rings. The maximum Gasteiger partial charge on any atom is 0.246 e. The van der Waals surface area contributed by atoms with E-state index in [1.807, 2.05) is 32.0 Å². The molecule has 0 bridgehead atoms. The number of amides is 1. The molecule has 1 atom stereocenters. The summed E-state index contributed by atoms with van der Waals surface area (Å²) in [5.41, 5.74) is 2.65. The minimum atomic E-state index is -3.99. The van der Waals surface area contributed by atoms with E-state index in [-0.39, 0.29) is 29.6 Å². The summed E-state index contributed by atoms with van der Waals surface area (Å²) in [6, 6.07) is 9.13. The number of anilines is 1. The van der Waals surface area contributed by atoms with Crippen molar-refractivity contribution in [2.24, 2.45) is 5.92 Å². The number of hydrogen-bond acceptors (Lipinski definition) is 4. The molecule has 0 saturated carbocycles. The quantitative estimate of drug-likeness (QED) is 0.803. The van der Waals surface area contributed by atoms with Crippen LogP contribution in [0.4, 0.5) is 10.1 Å². The standard InChI is InChI=1S/C21H25FN2O4S/c1-14-6-4-7-15(2)20(14)23-21(25)16-8-5-11-24(13-16)29(26,27)19-12-17(22)9-10-18(19)28-3/h4,6-7,9-10,12,16H,5,8,11,13H2,1-3H3,(H,23,25). The summed E-state index contributed by atoms with van der Waals surface area (Å²) in [4.78, 5) is 12.6. The van der Waals surface area contributed by atoms with Gasteiger partial charge in [-0.2, -0.15) is 4.31 Å². The highest BCUT2D eigenvalue weighted by Crippen LogP contribution is 2.31. The van der Waals surface area contributed by atoms with Gasteiger partial charge in [-0.1, -0.05) is 18.2 Å². The molecule has 156 valence electrons. The molecule has 1 aliphatic heterocycles. The van der Waals surface area contributed by atoms with Gasteiger partial charge in [-0.05, 0) is 56.0 Å². The molecule has 6 nitrogen and oxygen atoms in total. The number of sulfonamides is 1. The summed E-state index contributed by atoms with van der Waals surface area (Å²) in [6.45, 7) is 4.14. The molecule has 8 heteroatoms. The Morgan fingerprint density at radius 1 is 1.21 bits per heavy atom. The topological polar surface area (TPSA) is 75.7 Å². The fourth-order valence-electron chi connectivity index (χ4n) is 3.60. The Morgan fingerprint density at radius 2 is 1.90 bits per heavy atom. The lowest BCUT2D eigenvalue weighted by Crippen LogP contribution is -2.43. The van der Waals surface area contributed by atoms with Crippen molar-refractivity contribution in [2.75, 3.05) is 25.5 Å². The average molecular weight is 421 g/mol. The zero-order chi connectivity index (χ0) is 21.2. The number of para-hydroxylation sites is 1. The molecule has 1 unspecified atom stereocenters. The third kappa shape index (κ3) is 4.43. The zero-order valence-corrected chi connectivity index (χ0v) is 17.6. The van der Waals surface area contributed by atoms with Crippen molar-refractivity contribution in [1.82, 2.24) is 4.31 Å². The first-order valence-electron chi connectivity index (χ1n) is 9.45. The number of carbonyl (C=O) groups excluding carboxylic acids is 1. The Labute approximate surface area is 170 Å². The van der Waals surface area contributed by atoms with E-state index >= 15 is 0 Å². The summed E-state index contributed by atoms with van der Waals surface area (Å²) >= 11 is 0. The van der Waals surface area contributed by atoms with Crippen molar-refractivity contribution in [3.63, 3.8) is 0 Å². The van der Waals surface area contributed by atoms with Crippen LogP contribution in [0.5, 0.6) is 5.75 Å². The molecule has 0 aromatic heterocycles. The fraction of sp³-hybridized carbons (Fsp3) is 0.381. The van der Waals surface area contributed by atoms with Crippen LogP contribution in [-0.2, 0) is 14.8 Å². The van der Waals surface area contributed by atoms with Gasteiger partial charge in [0, 0.05) is 18.8 Å². The molecular weight excluding hydrogens is 395 g/mol. The lowest BCUT2D eigenvalue weighted by Gasteiger charge is -2.31. The number of aryl methyl sites for hydroxylation is 2. The van der Waals surface area contributed by atoms with Crippen LogP contribution in [0.25, 0.3) is 0 Å². The molecule has 0 radical (unpaired) electrons. The van der Waals surface area contributed by atoms with Gasteiger partial charge in [0.15, 0.2) is 0 Å². The predicted molar refractivity (Wildman–Crippen MR) is 109 cm³/mol. The van der Waals surface area contributed by atoms with Gasteiger partial charge in [0.05, 0.1) is 13.0 Å². The highest BCUT2D eigenvalue weighted by Gasteiger charge is 2.35. The molecule has 1 N–H and O–H groups in total. The monoisotopic (exact) mass is 420 g/mol.